The molecule has 2 rings (SSSR count). The number of fused-ring (bicyclic) bond motifs is 1. The van der Waals surface area contributed by atoms with Crippen molar-refractivity contribution < 1.29 is 4.79 Å². The lowest BCUT2D eigenvalue weighted by atomic mass is 9.89. The summed E-state index contributed by atoms with van der Waals surface area (Å²) in [4.78, 5) is 12.1. The van der Waals surface area contributed by atoms with Gasteiger partial charge in [0.1, 0.15) is 0 Å². The van der Waals surface area contributed by atoms with Gasteiger partial charge in [-0.05, 0) is 43.0 Å². The number of aryl methyl sites for hydroxylation is 1. The molecule has 98 valence electrons. The van der Waals surface area contributed by atoms with E-state index in [1.807, 2.05) is 26.8 Å². The van der Waals surface area contributed by atoms with E-state index in [1.54, 1.807) is 0 Å². The average molecular weight is 246 g/mol. The minimum Gasteiger partial charge on any atom is -0.385 e. The Hall–Kier alpha value is -1.51. The van der Waals surface area contributed by atoms with Gasteiger partial charge in [-0.25, -0.2) is 0 Å². The maximum Gasteiger partial charge on any atom is 0.230 e. The zero-order valence-electron chi connectivity index (χ0n) is 11.5. The fraction of sp³-hybridized carbons (Fsp3) is 0.533. The molecule has 0 unspecified atom stereocenters. The van der Waals surface area contributed by atoms with E-state index in [4.69, 9.17) is 0 Å². The van der Waals surface area contributed by atoms with Gasteiger partial charge in [-0.1, -0.05) is 20.8 Å². The summed E-state index contributed by atoms with van der Waals surface area (Å²) in [5, 5.41) is 6.39. The number of nitrogens with one attached hydrogen (secondary N) is 2. The Bertz CT molecular complexity index is 452. The van der Waals surface area contributed by atoms with E-state index >= 15 is 0 Å². The third-order valence-corrected chi connectivity index (χ3v) is 3.80. The van der Waals surface area contributed by atoms with Crippen LogP contribution in [0.25, 0.3) is 0 Å². The summed E-state index contributed by atoms with van der Waals surface area (Å²) in [5.74, 6) is 0.0914. The second-order valence-electron chi connectivity index (χ2n) is 5.59. The van der Waals surface area contributed by atoms with Crippen molar-refractivity contribution >= 4 is 17.3 Å². The van der Waals surface area contributed by atoms with Gasteiger partial charge in [-0.2, -0.15) is 0 Å². The molecule has 0 spiro atoms. The van der Waals surface area contributed by atoms with Crippen LogP contribution in [0.3, 0.4) is 0 Å². The summed E-state index contributed by atoms with van der Waals surface area (Å²) in [6, 6.07) is 6.12. The number of amides is 1. The van der Waals surface area contributed by atoms with Crippen molar-refractivity contribution in [2.75, 3.05) is 17.2 Å². The van der Waals surface area contributed by atoms with Crippen LogP contribution < -0.4 is 10.6 Å². The maximum atomic E-state index is 12.1. The maximum absolute atomic E-state index is 12.1. The summed E-state index contributed by atoms with van der Waals surface area (Å²) < 4.78 is 0. The van der Waals surface area contributed by atoms with Crippen LogP contribution in [0.5, 0.6) is 0 Å². The van der Waals surface area contributed by atoms with Crippen LogP contribution in [-0.2, 0) is 11.2 Å². The standard InChI is InChI=1S/C15H22N2O/c1-4-15(2,3)14(18)17-12-7-8-13-11(10-12)6-5-9-16-13/h7-8,10,16H,4-6,9H2,1-3H3,(H,17,18). The Morgan fingerprint density at radius 2 is 2.22 bits per heavy atom. The van der Waals surface area contributed by atoms with E-state index < -0.39 is 0 Å². The number of hydrogen-bond donors (Lipinski definition) is 2. The molecule has 0 radical (unpaired) electrons. The third kappa shape index (κ3) is 2.66. The van der Waals surface area contributed by atoms with E-state index in [1.165, 1.54) is 11.3 Å². The van der Waals surface area contributed by atoms with Gasteiger partial charge in [0, 0.05) is 23.3 Å². The summed E-state index contributed by atoms with van der Waals surface area (Å²) >= 11 is 0. The highest BCUT2D eigenvalue weighted by Crippen LogP contribution is 2.27. The van der Waals surface area contributed by atoms with E-state index in [0.29, 0.717) is 0 Å². The van der Waals surface area contributed by atoms with Crippen LogP contribution in [-0.4, -0.2) is 12.5 Å². The molecule has 0 aliphatic carbocycles. The molecule has 0 aromatic heterocycles. The van der Waals surface area contributed by atoms with Crippen molar-refractivity contribution in [3.05, 3.63) is 23.8 Å². The van der Waals surface area contributed by atoms with E-state index in [0.717, 1.165) is 31.5 Å². The Labute approximate surface area is 109 Å². The molecule has 1 heterocycles. The highest BCUT2D eigenvalue weighted by atomic mass is 16.2. The number of anilines is 2. The van der Waals surface area contributed by atoms with Crippen molar-refractivity contribution in [2.24, 2.45) is 5.41 Å². The molecule has 0 fully saturated rings. The van der Waals surface area contributed by atoms with Crippen molar-refractivity contribution in [1.82, 2.24) is 0 Å². The van der Waals surface area contributed by atoms with Crippen molar-refractivity contribution in [3.8, 4) is 0 Å². The zero-order chi connectivity index (χ0) is 13.2. The number of benzene rings is 1. The van der Waals surface area contributed by atoms with Crippen molar-refractivity contribution in [3.63, 3.8) is 0 Å². The first-order valence-electron chi connectivity index (χ1n) is 6.71. The van der Waals surface area contributed by atoms with Gasteiger partial charge in [0.15, 0.2) is 0 Å². The molecule has 1 aromatic rings. The van der Waals surface area contributed by atoms with Gasteiger partial charge in [-0.3, -0.25) is 4.79 Å². The van der Waals surface area contributed by atoms with E-state index in [-0.39, 0.29) is 11.3 Å². The van der Waals surface area contributed by atoms with Gasteiger partial charge in [-0.15, -0.1) is 0 Å². The minimum absolute atomic E-state index is 0.0914. The summed E-state index contributed by atoms with van der Waals surface area (Å²) in [6.45, 7) is 7.03. The van der Waals surface area contributed by atoms with E-state index in [2.05, 4.69) is 22.8 Å². The van der Waals surface area contributed by atoms with Gasteiger partial charge >= 0.3 is 0 Å². The molecule has 2 N–H and O–H groups in total. The first kappa shape index (κ1) is 12.9. The molecule has 3 heteroatoms. The average Bonchev–Trinajstić information content (AvgIpc) is 2.38. The van der Waals surface area contributed by atoms with Crippen LogP contribution in [0.4, 0.5) is 11.4 Å². The molecule has 0 atom stereocenters. The number of carbonyl (C=O) groups is 1. The van der Waals surface area contributed by atoms with Gasteiger partial charge in [0.05, 0.1) is 0 Å². The fourth-order valence-electron chi connectivity index (χ4n) is 2.01. The summed E-state index contributed by atoms with van der Waals surface area (Å²) in [6.07, 6.45) is 3.08. The number of hydrogen-bond acceptors (Lipinski definition) is 2. The second-order valence-corrected chi connectivity index (χ2v) is 5.59. The molecule has 0 saturated heterocycles. The fourth-order valence-corrected chi connectivity index (χ4v) is 2.01. The second kappa shape index (κ2) is 5.01. The molecule has 1 aliphatic rings. The quantitative estimate of drug-likeness (QED) is 0.858. The van der Waals surface area contributed by atoms with Crippen molar-refractivity contribution in [1.29, 1.82) is 0 Å². The van der Waals surface area contributed by atoms with Crippen LogP contribution in [0.2, 0.25) is 0 Å². The van der Waals surface area contributed by atoms with Crippen molar-refractivity contribution in [2.45, 2.75) is 40.0 Å². The number of rotatable bonds is 3. The molecule has 1 aromatic carbocycles. The predicted molar refractivity (Wildman–Crippen MR) is 76.0 cm³/mol. The Kier molecular flexibility index (Phi) is 3.60. The molecule has 0 saturated carbocycles. The molecule has 0 bridgehead atoms. The zero-order valence-corrected chi connectivity index (χ0v) is 11.5. The van der Waals surface area contributed by atoms with Crippen LogP contribution in [0.15, 0.2) is 18.2 Å². The lowest BCUT2D eigenvalue weighted by Crippen LogP contribution is -2.30. The first-order valence-corrected chi connectivity index (χ1v) is 6.71. The lowest BCUT2D eigenvalue weighted by Gasteiger charge is -2.23. The SMILES string of the molecule is CCC(C)(C)C(=O)Nc1ccc2c(c1)CCCN2. The molecule has 18 heavy (non-hydrogen) atoms. The number of carbonyl (C=O) groups excluding carboxylic acids is 1. The molecule has 1 aliphatic heterocycles. The third-order valence-electron chi connectivity index (χ3n) is 3.80. The first-order chi connectivity index (χ1) is 8.53. The normalized spacial score (nSPS) is 14.6. The monoisotopic (exact) mass is 246 g/mol. The Morgan fingerprint density at radius 3 is 2.94 bits per heavy atom. The Morgan fingerprint density at radius 1 is 1.44 bits per heavy atom. The van der Waals surface area contributed by atoms with E-state index in [9.17, 15) is 4.79 Å². The molecule has 1 amide bonds. The molecular weight excluding hydrogens is 224 g/mol. The van der Waals surface area contributed by atoms with Crippen LogP contribution in [0, 0.1) is 5.41 Å². The van der Waals surface area contributed by atoms with Crippen LogP contribution >= 0.6 is 0 Å². The highest BCUT2D eigenvalue weighted by Gasteiger charge is 2.25. The largest absolute Gasteiger partial charge is 0.385 e. The predicted octanol–water partition coefficient (Wildman–Crippen LogP) is 3.42. The summed E-state index contributed by atoms with van der Waals surface area (Å²) in [5.41, 5.74) is 3.10. The minimum atomic E-state index is -0.311. The van der Waals surface area contributed by atoms with Crippen LogP contribution in [0.1, 0.15) is 39.2 Å². The van der Waals surface area contributed by atoms with Gasteiger partial charge in [0.2, 0.25) is 5.91 Å². The summed E-state index contributed by atoms with van der Waals surface area (Å²) in [7, 11) is 0. The smallest absolute Gasteiger partial charge is 0.230 e. The lowest BCUT2D eigenvalue weighted by molar-refractivity contribution is -0.124. The molecule has 3 nitrogen and oxygen atoms in total. The highest BCUT2D eigenvalue weighted by molar-refractivity contribution is 5.95. The van der Waals surface area contributed by atoms with Gasteiger partial charge in [0.25, 0.3) is 0 Å². The van der Waals surface area contributed by atoms with Gasteiger partial charge < -0.3 is 10.6 Å². The topological polar surface area (TPSA) is 41.1 Å². The Balaban J connectivity index is 2.13. The molecular formula is C15H22N2O.